The molecule has 0 atom stereocenters. The number of aryl methyl sites for hydroxylation is 1. The molecule has 0 heterocycles. The van der Waals surface area contributed by atoms with Crippen molar-refractivity contribution in [3.05, 3.63) is 70.3 Å². The van der Waals surface area contributed by atoms with E-state index in [1.807, 2.05) is 12.1 Å². The van der Waals surface area contributed by atoms with Crippen molar-refractivity contribution in [2.45, 2.75) is 12.8 Å². The average molecular weight is 303 g/mol. The maximum Gasteiger partial charge on any atom is 0.0994 e. The van der Waals surface area contributed by atoms with Gasteiger partial charge in [-0.2, -0.15) is 5.26 Å². The van der Waals surface area contributed by atoms with Crippen molar-refractivity contribution in [3.8, 4) is 6.07 Å². The summed E-state index contributed by atoms with van der Waals surface area (Å²) in [6.07, 6.45) is 1.84. The molecule has 0 saturated carbocycles. The van der Waals surface area contributed by atoms with Gasteiger partial charge in [0.15, 0.2) is 0 Å². The summed E-state index contributed by atoms with van der Waals surface area (Å²) in [5.74, 6) is 0. The van der Waals surface area contributed by atoms with Gasteiger partial charge in [0, 0.05) is 17.7 Å². The lowest BCUT2D eigenvalue weighted by Crippen LogP contribution is -2.17. The summed E-state index contributed by atoms with van der Waals surface area (Å²) in [7, 11) is 4.12. The van der Waals surface area contributed by atoms with Crippen molar-refractivity contribution in [1.29, 1.82) is 5.26 Å². The normalized spacial score (nSPS) is 15.0. The molecule has 1 aliphatic carbocycles. The highest BCUT2D eigenvalue weighted by Crippen LogP contribution is 2.27. The highest BCUT2D eigenvalue weighted by atomic mass is 15.1. The van der Waals surface area contributed by atoms with Crippen LogP contribution in [0.5, 0.6) is 0 Å². The second-order valence-corrected chi connectivity index (χ2v) is 6.13. The molecular formula is C20H21N3. The van der Waals surface area contributed by atoms with Crippen LogP contribution in [0.15, 0.2) is 47.5 Å². The Kier molecular flexibility index (Phi) is 4.55. The SMILES string of the molecule is CN(C)CC/N=C1\c2ccccc2CCc2c(C#N)cccc21. The standard InChI is InChI=1S/C20H21N3/c1-23(2)13-12-22-20-18-8-4-3-6-15(18)10-11-17-16(14-21)7-5-9-19(17)20/h3-9H,10-13H2,1-2H3/b22-20+. The van der Waals surface area contributed by atoms with Gasteiger partial charge in [0.1, 0.15) is 0 Å². The highest BCUT2D eigenvalue weighted by molar-refractivity contribution is 6.15. The Labute approximate surface area is 137 Å². The molecule has 0 aromatic heterocycles. The second-order valence-electron chi connectivity index (χ2n) is 6.13. The second kappa shape index (κ2) is 6.76. The molecule has 3 nitrogen and oxygen atoms in total. The zero-order valence-corrected chi connectivity index (χ0v) is 13.7. The van der Waals surface area contributed by atoms with Gasteiger partial charge in [-0.25, -0.2) is 0 Å². The molecule has 2 aromatic rings. The van der Waals surface area contributed by atoms with Crippen molar-refractivity contribution in [2.24, 2.45) is 4.99 Å². The maximum absolute atomic E-state index is 9.44. The third-order valence-corrected chi connectivity index (χ3v) is 4.29. The monoisotopic (exact) mass is 303 g/mol. The molecule has 0 spiro atoms. The lowest BCUT2D eigenvalue weighted by molar-refractivity contribution is 0.420. The van der Waals surface area contributed by atoms with Gasteiger partial charge in [0.25, 0.3) is 0 Å². The third kappa shape index (κ3) is 3.18. The van der Waals surface area contributed by atoms with Gasteiger partial charge < -0.3 is 4.90 Å². The van der Waals surface area contributed by atoms with E-state index in [4.69, 9.17) is 4.99 Å². The fourth-order valence-electron chi connectivity index (χ4n) is 3.09. The minimum absolute atomic E-state index is 0.757. The molecule has 0 radical (unpaired) electrons. The van der Waals surface area contributed by atoms with E-state index in [-0.39, 0.29) is 0 Å². The van der Waals surface area contributed by atoms with Gasteiger partial charge in [-0.15, -0.1) is 0 Å². The van der Waals surface area contributed by atoms with Gasteiger partial charge in [-0.1, -0.05) is 36.4 Å². The van der Waals surface area contributed by atoms with Gasteiger partial charge in [0.05, 0.1) is 23.9 Å². The predicted molar refractivity (Wildman–Crippen MR) is 94.1 cm³/mol. The molecule has 0 saturated heterocycles. The van der Waals surface area contributed by atoms with Crippen LogP contribution in [0.1, 0.15) is 27.8 Å². The summed E-state index contributed by atoms with van der Waals surface area (Å²) < 4.78 is 0. The zero-order valence-electron chi connectivity index (χ0n) is 13.7. The molecule has 3 rings (SSSR count). The van der Waals surface area contributed by atoms with Crippen molar-refractivity contribution in [2.75, 3.05) is 27.2 Å². The van der Waals surface area contributed by atoms with Crippen molar-refractivity contribution in [3.63, 3.8) is 0 Å². The number of hydrogen-bond donors (Lipinski definition) is 0. The van der Waals surface area contributed by atoms with E-state index in [1.54, 1.807) is 0 Å². The van der Waals surface area contributed by atoms with Gasteiger partial charge in [0.2, 0.25) is 0 Å². The molecule has 23 heavy (non-hydrogen) atoms. The fourth-order valence-corrected chi connectivity index (χ4v) is 3.09. The maximum atomic E-state index is 9.44. The molecular weight excluding hydrogens is 282 g/mol. The van der Waals surface area contributed by atoms with Crippen LogP contribution in [-0.4, -0.2) is 37.8 Å². The number of hydrogen-bond acceptors (Lipinski definition) is 3. The lowest BCUT2D eigenvalue weighted by atomic mass is 9.95. The number of nitriles is 1. The number of benzene rings is 2. The zero-order chi connectivity index (χ0) is 16.2. The van der Waals surface area contributed by atoms with Crippen molar-refractivity contribution >= 4 is 5.71 Å². The van der Waals surface area contributed by atoms with Crippen LogP contribution in [0, 0.1) is 11.3 Å². The summed E-state index contributed by atoms with van der Waals surface area (Å²) in [6, 6.07) is 16.8. The van der Waals surface area contributed by atoms with Gasteiger partial charge >= 0.3 is 0 Å². The first-order chi connectivity index (χ1) is 11.2. The quantitative estimate of drug-likeness (QED) is 0.874. The van der Waals surface area contributed by atoms with E-state index in [0.717, 1.165) is 48.3 Å². The highest BCUT2D eigenvalue weighted by Gasteiger charge is 2.20. The van der Waals surface area contributed by atoms with Crippen molar-refractivity contribution in [1.82, 2.24) is 4.90 Å². The number of likely N-dealkylation sites (N-methyl/N-ethyl adjacent to an activating group) is 1. The largest absolute Gasteiger partial charge is 0.308 e. The molecule has 0 aliphatic heterocycles. The minimum atomic E-state index is 0.757. The molecule has 0 amide bonds. The van der Waals surface area contributed by atoms with Crippen LogP contribution >= 0.6 is 0 Å². The molecule has 2 aromatic carbocycles. The molecule has 116 valence electrons. The van der Waals surface area contributed by atoms with Crippen LogP contribution in [-0.2, 0) is 12.8 Å². The van der Waals surface area contributed by atoms with E-state index in [2.05, 4.69) is 55.4 Å². The Morgan fingerprint density at radius 3 is 2.61 bits per heavy atom. The molecule has 0 unspecified atom stereocenters. The Morgan fingerprint density at radius 2 is 1.83 bits per heavy atom. The van der Waals surface area contributed by atoms with Crippen LogP contribution < -0.4 is 0 Å². The molecule has 0 fully saturated rings. The molecule has 3 heteroatoms. The topological polar surface area (TPSA) is 39.4 Å². The van der Waals surface area contributed by atoms with Gasteiger partial charge in [-0.05, 0) is 44.1 Å². The number of fused-ring (bicyclic) bond motifs is 2. The Balaban J connectivity index is 2.14. The van der Waals surface area contributed by atoms with E-state index >= 15 is 0 Å². The number of rotatable bonds is 3. The van der Waals surface area contributed by atoms with E-state index in [1.165, 1.54) is 11.1 Å². The summed E-state index contributed by atoms with van der Waals surface area (Å²) in [4.78, 5) is 7.05. The summed E-state index contributed by atoms with van der Waals surface area (Å²) >= 11 is 0. The smallest absolute Gasteiger partial charge is 0.0994 e. The fraction of sp³-hybridized carbons (Fsp3) is 0.300. The molecule has 0 N–H and O–H groups in total. The van der Waals surface area contributed by atoms with Crippen molar-refractivity contribution < 1.29 is 0 Å². The van der Waals surface area contributed by atoms with Crippen LogP contribution in [0.4, 0.5) is 0 Å². The Morgan fingerprint density at radius 1 is 1.04 bits per heavy atom. The summed E-state index contributed by atoms with van der Waals surface area (Å²) in [6.45, 7) is 1.67. The van der Waals surface area contributed by atoms with Crippen LogP contribution in [0.2, 0.25) is 0 Å². The summed E-state index contributed by atoms with van der Waals surface area (Å²) in [5.41, 5.74) is 6.58. The summed E-state index contributed by atoms with van der Waals surface area (Å²) in [5, 5.41) is 9.44. The molecule has 1 aliphatic rings. The number of nitrogens with zero attached hydrogens (tertiary/aromatic N) is 3. The first-order valence-electron chi connectivity index (χ1n) is 8.00. The predicted octanol–water partition coefficient (Wildman–Crippen LogP) is 3.06. The van der Waals surface area contributed by atoms with E-state index in [9.17, 15) is 5.26 Å². The van der Waals surface area contributed by atoms with Crippen LogP contribution in [0.3, 0.4) is 0 Å². The van der Waals surface area contributed by atoms with Crippen LogP contribution in [0.25, 0.3) is 0 Å². The Hall–Kier alpha value is -2.44. The third-order valence-electron chi connectivity index (χ3n) is 4.29. The minimum Gasteiger partial charge on any atom is -0.308 e. The number of aliphatic imine (C=N–C) groups is 1. The van der Waals surface area contributed by atoms with E-state index in [0.29, 0.717) is 0 Å². The lowest BCUT2D eigenvalue weighted by Gasteiger charge is -2.13. The van der Waals surface area contributed by atoms with E-state index < -0.39 is 0 Å². The average Bonchev–Trinajstić information content (AvgIpc) is 2.72. The first-order valence-corrected chi connectivity index (χ1v) is 8.00. The Bertz CT molecular complexity index is 782. The first kappa shape index (κ1) is 15.5. The van der Waals surface area contributed by atoms with Gasteiger partial charge in [-0.3, -0.25) is 4.99 Å². The molecule has 0 bridgehead atoms.